The molecule has 6 N–H and O–H groups in total. The number of ether oxygens (including phenoxy) is 3. The normalized spacial score (nSPS) is 15.2. The Morgan fingerprint density at radius 2 is 1.41 bits per heavy atom. The Bertz CT molecular complexity index is 1160. The molecule has 0 aliphatic rings. The van der Waals surface area contributed by atoms with Crippen LogP contribution in [0.5, 0.6) is 0 Å². The van der Waals surface area contributed by atoms with E-state index >= 15 is 0 Å². The van der Waals surface area contributed by atoms with Gasteiger partial charge in [-0.05, 0) is 18.8 Å². The maximum Gasteiger partial charge on any atom is 0.356 e. The van der Waals surface area contributed by atoms with E-state index in [2.05, 4.69) is 15.0 Å². The van der Waals surface area contributed by atoms with Crippen LogP contribution >= 0.6 is 20.0 Å². The van der Waals surface area contributed by atoms with E-state index in [1.165, 1.54) is 6.33 Å². The molecule has 0 spiro atoms. The van der Waals surface area contributed by atoms with E-state index in [0.717, 1.165) is 12.8 Å². The number of nitrogens with zero attached hydrogens (tertiary/aromatic N) is 4. The predicted molar refractivity (Wildman–Crippen MR) is 168 cm³/mol. The molecular formula is C27H49ClN7O8P. The van der Waals surface area contributed by atoms with Crippen molar-refractivity contribution in [1.82, 2.24) is 19.5 Å². The van der Waals surface area contributed by atoms with Gasteiger partial charge in [0.1, 0.15) is 30.3 Å². The molecule has 0 saturated heterocycles. The maximum absolute atomic E-state index is 13.6. The van der Waals surface area contributed by atoms with E-state index < -0.39 is 37.7 Å². The molecule has 0 fully saturated rings. The van der Waals surface area contributed by atoms with Crippen LogP contribution in [0.1, 0.15) is 60.3 Å². The van der Waals surface area contributed by atoms with Gasteiger partial charge in [-0.1, -0.05) is 40.5 Å². The average Bonchev–Trinajstić information content (AvgIpc) is 3.41. The zero-order valence-corrected chi connectivity index (χ0v) is 28.0. The lowest BCUT2D eigenvalue weighted by Gasteiger charge is -2.22. The molecule has 0 aromatic carbocycles. The van der Waals surface area contributed by atoms with E-state index in [4.69, 9.17) is 40.5 Å². The van der Waals surface area contributed by atoms with E-state index in [1.807, 2.05) is 27.7 Å². The van der Waals surface area contributed by atoms with Crippen LogP contribution in [-0.2, 0) is 44.0 Å². The van der Waals surface area contributed by atoms with Gasteiger partial charge in [-0.2, -0.15) is 0 Å². The third-order valence-corrected chi connectivity index (χ3v) is 8.72. The summed E-state index contributed by atoms with van der Waals surface area (Å²) in [6, 6.07) is -1.42. The topological polar surface area (TPSA) is 219 Å². The number of imidazole rings is 1. The molecule has 2 aromatic heterocycles. The lowest BCUT2D eigenvalue weighted by molar-refractivity contribution is -0.147. The summed E-state index contributed by atoms with van der Waals surface area (Å²) in [7, 11) is -3.75. The van der Waals surface area contributed by atoms with Gasteiger partial charge >= 0.3 is 19.5 Å². The Morgan fingerprint density at radius 1 is 0.886 bits per heavy atom. The van der Waals surface area contributed by atoms with Crippen molar-refractivity contribution in [2.24, 2.45) is 23.3 Å². The van der Waals surface area contributed by atoms with Gasteiger partial charge in [-0.3, -0.25) is 14.2 Å². The molecule has 15 nitrogen and oxygen atoms in total. The van der Waals surface area contributed by atoms with Crippen LogP contribution in [0.4, 0.5) is 5.82 Å². The Balaban J connectivity index is 0.00000968. The molecule has 2 rings (SSSR count). The molecule has 2 heterocycles. The Kier molecular flexibility index (Phi) is 17.9. The van der Waals surface area contributed by atoms with Crippen molar-refractivity contribution in [3.63, 3.8) is 0 Å². The molecule has 252 valence electrons. The summed E-state index contributed by atoms with van der Waals surface area (Å²) < 4.78 is 42.9. The maximum atomic E-state index is 13.6. The number of rotatable bonds is 21. The molecule has 0 bridgehead atoms. The van der Waals surface area contributed by atoms with Crippen LogP contribution in [0.15, 0.2) is 12.7 Å². The van der Waals surface area contributed by atoms with Gasteiger partial charge < -0.3 is 45.0 Å². The van der Waals surface area contributed by atoms with Crippen LogP contribution in [-0.4, -0.2) is 82.4 Å². The first-order chi connectivity index (χ1) is 20.4. The van der Waals surface area contributed by atoms with Crippen molar-refractivity contribution in [2.75, 3.05) is 38.5 Å². The lowest BCUT2D eigenvalue weighted by atomic mass is 10.0. The fourth-order valence-electron chi connectivity index (χ4n) is 3.73. The Hall–Kier alpha value is -2.39. The first-order valence-corrected chi connectivity index (χ1v) is 16.4. The third kappa shape index (κ3) is 12.5. The second-order valence-electron chi connectivity index (χ2n) is 10.6. The number of hydrogen-bond acceptors (Lipinski definition) is 14. The van der Waals surface area contributed by atoms with E-state index in [-0.39, 0.29) is 75.7 Å². The van der Waals surface area contributed by atoms with Gasteiger partial charge in [0, 0.05) is 12.8 Å². The highest BCUT2D eigenvalue weighted by atomic mass is 35.5. The van der Waals surface area contributed by atoms with Crippen LogP contribution < -0.4 is 17.2 Å². The predicted octanol–water partition coefficient (Wildman–Crippen LogP) is 3.03. The van der Waals surface area contributed by atoms with E-state index in [1.54, 1.807) is 17.8 Å². The molecule has 5 atom stereocenters. The number of esters is 2. The van der Waals surface area contributed by atoms with Crippen LogP contribution in [0, 0.1) is 11.8 Å². The number of carbonyl (C=O) groups excluding carboxylic acids is 2. The highest BCUT2D eigenvalue weighted by molar-refractivity contribution is 7.53. The molecule has 0 aliphatic carbocycles. The number of carbonyl (C=O) groups is 2. The molecule has 0 unspecified atom stereocenters. The summed E-state index contributed by atoms with van der Waals surface area (Å²) in [5.74, 6) is -0.734. The second kappa shape index (κ2) is 19.9. The van der Waals surface area contributed by atoms with Crippen LogP contribution in [0.25, 0.3) is 11.2 Å². The van der Waals surface area contributed by atoms with Crippen molar-refractivity contribution in [1.29, 1.82) is 0 Å². The summed E-state index contributed by atoms with van der Waals surface area (Å²) in [5.41, 5.74) is 18.7. The third-order valence-electron chi connectivity index (χ3n) is 7.10. The summed E-state index contributed by atoms with van der Waals surface area (Å²) in [4.78, 5) is 36.6. The highest BCUT2D eigenvalue weighted by Gasteiger charge is 2.27. The Labute approximate surface area is 265 Å². The summed E-state index contributed by atoms with van der Waals surface area (Å²) >= 11 is 0. The Morgan fingerprint density at radius 3 is 1.91 bits per heavy atom. The van der Waals surface area contributed by atoms with Crippen molar-refractivity contribution >= 4 is 48.9 Å². The van der Waals surface area contributed by atoms with Gasteiger partial charge in [0.2, 0.25) is 0 Å². The number of aromatic nitrogens is 4. The van der Waals surface area contributed by atoms with Gasteiger partial charge in [-0.25, -0.2) is 15.0 Å². The fourth-order valence-corrected chi connectivity index (χ4v) is 5.20. The first-order valence-electron chi connectivity index (χ1n) is 14.7. The van der Waals surface area contributed by atoms with E-state index in [0.29, 0.717) is 17.7 Å². The molecule has 0 saturated carbocycles. The number of halogens is 1. The number of hydrogen-bond donors (Lipinski definition) is 3. The standard InChI is InChI=1S/C27H48N7O8P.ClH/c1-6-18(3)21(28)26(35)38-10-8-12-41-43(37,42-13-9-11-39-27(36)22(29)19(4)7-2)17-40-20(5)14-34-16-33-23-24(30)31-15-32-25(23)34;/h15-16,18-22H,6-14,17,28-29H2,1-5H3,(H2,30,31,32);1H/t18-,19-,20+,21-,22-;/m0./s1. The molecule has 44 heavy (non-hydrogen) atoms. The number of nitrogens with two attached hydrogens (primary N) is 3. The first kappa shape index (κ1) is 39.6. The van der Waals surface area contributed by atoms with Gasteiger partial charge in [0.25, 0.3) is 0 Å². The molecular weight excluding hydrogens is 617 g/mol. The summed E-state index contributed by atoms with van der Waals surface area (Å²) in [6.07, 6.45) is 4.20. The smallest absolute Gasteiger partial charge is 0.356 e. The fraction of sp³-hybridized carbons (Fsp3) is 0.741. The number of nitrogen functional groups attached to an aromatic ring is 1. The van der Waals surface area contributed by atoms with E-state index in [9.17, 15) is 14.2 Å². The van der Waals surface area contributed by atoms with Crippen molar-refractivity contribution in [2.45, 2.75) is 85.0 Å². The minimum atomic E-state index is -3.75. The summed E-state index contributed by atoms with van der Waals surface area (Å²) in [6.45, 7) is 9.85. The minimum absolute atomic E-state index is 0. The average molecular weight is 666 g/mol. The van der Waals surface area contributed by atoms with Gasteiger partial charge in [-0.15, -0.1) is 12.4 Å². The quantitative estimate of drug-likeness (QED) is 0.0991. The number of anilines is 1. The molecule has 0 radical (unpaired) electrons. The monoisotopic (exact) mass is 665 g/mol. The van der Waals surface area contributed by atoms with Crippen molar-refractivity contribution < 1.29 is 37.4 Å². The van der Waals surface area contributed by atoms with Gasteiger partial charge in [0.15, 0.2) is 11.5 Å². The molecule has 0 aliphatic heterocycles. The zero-order chi connectivity index (χ0) is 32.0. The highest BCUT2D eigenvalue weighted by Crippen LogP contribution is 2.48. The molecule has 2 aromatic rings. The van der Waals surface area contributed by atoms with Crippen molar-refractivity contribution in [3.8, 4) is 0 Å². The number of fused-ring (bicyclic) bond motifs is 1. The largest absolute Gasteiger partial charge is 0.464 e. The minimum Gasteiger partial charge on any atom is -0.464 e. The zero-order valence-electron chi connectivity index (χ0n) is 26.3. The molecule has 0 amide bonds. The van der Waals surface area contributed by atoms with Crippen LogP contribution in [0.3, 0.4) is 0 Å². The van der Waals surface area contributed by atoms with Crippen LogP contribution in [0.2, 0.25) is 0 Å². The lowest BCUT2D eigenvalue weighted by Crippen LogP contribution is -2.38. The molecule has 17 heteroatoms. The SMILES string of the molecule is CC[C@H](C)[C@H](N)C(=O)OCCCOP(=O)(CO[C@H](C)Cn1cnc2c(N)ncnc21)OCCCOC(=O)[C@@H](N)[C@@H](C)CC.Cl. The van der Waals surface area contributed by atoms with Crippen molar-refractivity contribution in [3.05, 3.63) is 12.7 Å². The second-order valence-corrected chi connectivity index (χ2v) is 12.6. The van der Waals surface area contributed by atoms with Gasteiger partial charge in [0.05, 0.1) is 45.4 Å². The summed E-state index contributed by atoms with van der Waals surface area (Å²) in [5, 5.41) is 0.